The fraction of sp³-hybridized carbons (Fsp3) is 0.308. The van der Waals surface area contributed by atoms with Crippen LogP contribution < -0.4 is 0 Å². The lowest BCUT2D eigenvalue weighted by Gasteiger charge is -2.10. The van der Waals surface area contributed by atoms with Gasteiger partial charge in [-0.2, -0.15) is 0 Å². The molecule has 0 bridgehead atoms. The average Bonchev–Trinajstić information content (AvgIpc) is 2.66. The third-order valence-corrected chi connectivity index (χ3v) is 2.68. The Labute approximate surface area is 103 Å². The van der Waals surface area contributed by atoms with E-state index in [1.54, 1.807) is 13.0 Å². The minimum Gasteiger partial charge on any atom is -0.464 e. The molecule has 0 fully saturated rings. The molecule has 2 N–H and O–H groups in total. The largest absolute Gasteiger partial charge is 0.464 e. The lowest BCUT2D eigenvalue weighted by atomic mass is 10.1. The molecule has 0 amide bonds. The second kappa shape index (κ2) is 4.78. The maximum absolute atomic E-state index is 13.8. The predicted molar refractivity (Wildman–Crippen MR) is 64.6 cm³/mol. The number of aliphatic hydroxyl groups excluding tert-OH is 1. The summed E-state index contributed by atoms with van der Waals surface area (Å²) in [7, 11) is 0. The highest BCUT2D eigenvalue weighted by molar-refractivity contribution is 5.84. The summed E-state index contributed by atoms with van der Waals surface area (Å²) in [6.45, 7) is 3.61. The van der Waals surface area contributed by atoms with Crippen molar-refractivity contribution in [2.75, 3.05) is 6.61 Å². The molecule has 96 valence electrons. The van der Waals surface area contributed by atoms with Gasteiger partial charge >= 0.3 is 5.97 Å². The standard InChI is InChI=1S/C13H14FNO3/c1-3-18-13(17)12(16)9-6-11-8(5-10(9)14)4-7(2)15-11/h4-6,12,15-16H,3H2,1-2H3. The van der Waals surface area contributed by atoms with Gasteiger partial charge in [-0.05, 0) is 32.0 Å². The van der Waals surface area contributed by atoms with Gasteiger partial charge in [0.1, 0.15) is 5.82 Å². The monoisotopic (exact) mass is 251 g/mol. The van der Waals surface area contributed by atoms with Crippen LogP contribution >= 0.6 is 0 Å². The van der Waals surface area contributed by atoms with Crippen molar-refractivity contribution in [1.82, 2.24) is 4.98 Å². The molecular weight excluding hydrogens is 237 g/mol. The number of rotatable bonds is 3. The molecular formula is C13H14FNO3. The van der Waals surface area contributed by atoms with E-state index >= 15 is 0 Å². The zero-order chi connectivity index (χ0) is 13.3. The van der Waals surface area contributed by atoms with E-state index in [0.717, 1.165) is 5.69 Å². The highest BCUT2D eigenvalue weighted by Crippen LogP contribution is 2.25. The van der Waals surface area contributed by atoms with Crippen LogP contribution in [-0.4, -0.2) is 22.7 Å². The molecule has 0 aliphatic rings. The SMILES string of the molecule is CCOC(=O)C(O)c1cc2[nH]c(C)cc2cc1F. The number of hydrogen-bond acceptors (Lipinski definition) is 3. The van der Waals surface area contributed by atoms with Gasteiger partial charge in [-0.25, -0.2) is 9.18 Å². The molecule has 0 saturated heterocycles. The van der Waals surface area contributed by atoms with Crippen LogP contribution in [-0.2, 0) is 9.53 Å². The van der Waals surface area contributed by atoms with Gasteiger partial charge in [-0.15, -0.1) is 0 Å². The van der Waals surface area contributed by atoms with Crippen LogP contribution in [0, 0.1) is 12.7 Å². The van der Waals surface area contributed by atoms with E-state index in [0.29, 0.717) is 10.9 Å². The Hall–Kier alpha value is -1.88. The van der Waals surface area contributed by atoms with Gasteiger partial charge in [0, 0.05) is 22.2 Å². The number of fused-ring (bicyclic) bond motifs is 1. The number of aryl methyl sites for hydroxylation is 1. The molecule has 0 saturated carbocycles. The normalized spacial score (nSPS) is 12.7. The fourth-order valence-corrected chi connectivity index (χ4v) is 1.87. The van der Waals surface area contributed by atoms with Gasteiger partial charge in [-0.1, -0.05) is 0 Å². The van der Waals surface area contributed by atoms with Crippen LogP contribution in [0.2, 0.25) is 0 Å². The minimum atomic E-state index is -1.60. The Morgan fingerprint density at radius 3 is 2.89 bits per heavy atom. The molecule has 0 aliphatic carbocycles. The first kappa shape index (κ1) is 12.6. The Morgan fingerprint density at radius 2 is 2.22 bits per heavy atom. The van der Waals surface area contributed by atoms with Crippen LogP contribution in [0.25, 0.3) is 10.9 Å². The van der Waals surface area contributed by atoms with Crippen molar-refractivity contribution < 1.29 is 19.0 Å². The van der Waals surface area contributed by atoms with Crippen molar-refractivity contribution in [2.24, 2.45) is 0 Å². The van der Waals surface area contributed by atoms with E-state index in [4.69, 9.17) is 0 Å². The van der Waals surface area contributed by atoms with Crippen LogP contribution in [0.4, 0.5) is 4.39 Å². The number of carbonyl (C=O) groups is 1. The number of aromatic amines is 1. The number of halogens is 1. The summed E-state index contributed by atoms with van der Waals surface area (Å²) in [5.41, 5.74) is 1.47. The van der Waals surface area contributed by atoms with Crippen molar-refractivity contribution in [2.45, 2.75) is 20.0 Å². The van der Waals surface area contributed by atoms with Gasteiger partial charge in [0.15, 0.2) is 6.10 Å². The minimum absolute atomic E-state index is 0.0807. The van der Waals surface area contributed by atoms with E-state index in [2.05, 4.69) is 9.72 Å². The van der Waals surface area contributed by atoms with E-state index < -0.39 is 17.9 Å². The van der Waals surface area contributed by atoms with Crippen molar-refractivity contribution in [3.63, 3.8) is 0 Å². The Morgan fingerprint density at radius 1 is 1.50 bits per heavy atom. The first-order valence-electron chi connectivity index (χ1n) is 5.66. The number of nitrogens with one attached hydrogen (secondary N) is 1. The smallest absolute Gasteiger partial charge is 0.339 e. The predicted octanol–water partition coefficient (Wildman–Crippen LogP) is 2.21. The Bertz CT molecular complexity index is 591. The third-order valence-electron chi connectivity index (χ3n) is 2.68. The van der Waals surface area contributed by atoms with Gasteiger partial charge in [-0.3, -0.25) is 0 Å². The quantitative estimate of drug-likeness (QED) is 0.822. The second-order valence-corrected chi connectivity index (χ2v) is 4.07. The summed E-state index contributed by atoms with van der Waals surface area (Å²) in [5, 5.41) is 10.4. The average molecular weight is 251 g/mol. The molecule has 0 radical (unpaired) electrons. The van der Waals surface area contributed by atoms with Crippen molar-refractivity contribution >= 4 is 16.9 Å². The highest BCUT2D eigenvalue weighted by Gasteiger charge is 2.23. The Kier molecular flexibility index (Phi) is 3.34. The number of aromatic nitrogens is 1. The molecule has 1 aromatic heterocycles. The zero-order valence-corrected chi connectivity index (χ0v) is 10.2. The number of ether oxygens (including phenoxy) is 1. The summed E-state index contributed by atoms with van der Waals surface area (Å²) in [4.78, 5) is 14.4. The number of H-pyrrole nitrogens is 1. The number of carbonyl (C=O) groups excluding carboxylic acids is 1. The van der Waals surface area contributed by atoms with Gasteiger partial charge in [0.05, 0.1) is 6.61 Å². The van der Waals surface area contributed by atoms with Crippen LogP contribution in [0.1, 0.15) is 24.3 Å². The van der Waals surface area contributed by atoms with E-state index in [1.807, 2.05) is 6.92 Å². The molecule has 2 aromatic rings. The molecule has 4 nitrogen and oxygen atoms in total. The van der Waals surface area contributed by atoms with Crippen LogP contribution in [0.5, 0.6) is 0 Å². The van der Waals surface area contributed by atoms with E-state index in [-0.39, 0.29) is 12.2 Å². The lowest BCUT2D eigenvalue weighted by molar-refractivity contribution is -0.153. The highest BCUT2D eigenvalue weighted by atomic mass is 19.1. The molecule has 2 rings (SSSR count). The van der Waals surface area contributed by atoms with Crippen molar-refractivity contribution in [3.8, 4) is 0 Å². The number of esters is 1. The fourth-order valence-electron chi connectivity index (χ4n) is 1.87. The summed E-state index contributed by atoms with van der Waals surface area (Å²) < 4.78 is 18.5. The number of hydrogen-bond donors (Lipinski definition) is 2. The molecule has 5 heteroatoms. The van der Waals surface area contributed by atoms with E-state index in [1.165, 1.54) is 12.1 Å². The molecule has 1 aromatic carbocycles. The molecule has 1 unspecified atom stereocenters. The van der Waals surface area contributed by atoms with Crippen molar-refractivity contribution in [1.29, 1.82) is 0 Å². The summed E-state index contributed by atoms with van der Waals surface area (Å²) >= 11 is 0. The zero-order valence-electron chi connectivity index (χ0n) is 10.2. The van der Waals surface area contributed by atoms with Gasteiger partial charge < -0.3 is 14.8 Å². The molecule has 0 spiro atoms. The van der Waals surface area contributed by atoms with Crippen LogP contribution in [0.15, 0.2) is 18.2 Å². The lowest BCUT2D eigenvalue weighted by Crippen LogP contribution is -2.16. The Balaban J connectivity index is 2.43. The maximum Gasteiger partial charge on any atom is 0.339 e. The number of aliphatic hydroxyl groups is 1. The number of benzene rings is 1. The van der Waals surface area contributed by atoms with Crippen LogP contribution in [0.3, 0.4) is 0 Å². The first-order valence-corrected chi connectivity index (χ1v) is 5.66. The topological polar surface area (TPSA) is 62.3 Å². The van der Waals surface area contributed by atoms with E-state index in [9.17, 15) is 14.3 Å². The molecule has 0 aliphatic heterocycles. The molecule has 1 atom stereocenters. The molecule has 1 heterocycles. The third kappa shape index (κ3) is 2.22. The van der Waals surface area contributed by atoms with Gasteiger partial charge in [0.2, 0.25) is 0 Å². The summed E-state index contributed by atoms with van der Waals surface area (Å²) in [6.07, 6.45) is -1.60. The summed E-state index contributed by atoms with van der Waals surface area (Å²) in [6, 6.07) is 4.51. The summed E-state index contributed by atoms with van der Waals surface area (Å²) in [5.74, 6) is -1.47. The first-order chi connectivity index (χ1) is 8.52. The molecule has 18 heavy (non-hydrogen) atoms. The maximum atomic E-state index is 13.8. The van der Waals surface area contributed by atoms with Gasteiger partial charge in [0.25, 0.3) is 0 Å². The van der Waals surface area contributed by atoms with Crippen molar-refractivity contribution in [3.05, 3.63) is 35.3 Å². The second-order valence-electron chi connectivity index (χ2n) is 4.07.